The number of thioether (sulfide) groups is 1. The van der Waals surface area contributed by atoms with Gasteiger partial charge in [0.1, 0.15) is 0 Å². The Kier molecular flexibility index (Phi) is 5.30. The van der Waals surface area contributed by atoms with Crippen molar-refractivity contribution in [2.75, 3.05) is 38.5 Å². The Morgan fingerprint density at radius 1 is 1.53 bits per heavy atom. The highest BCUT2D eigenvalue weighted by atomic mass is 32.2. The van der Waals surface area contributed by atoms with Crippen LogP contribution in [-0.4, -0.2) is 55.0 Å². The molecule has 0 aliphatic rings. The average molecular weight is 249 g/mol. The van der Waals surface area contributed by atoms with E-state index in [1.807, 2.05) is 19.0 Å². The minimum absolute atomic E-state index is 0.354. The molecule has 0 amide bonds. The number of rotatable bonds is 6. The monoisotopic (exact) mass is 249 g/mol. The van der Waals surface area contributed by atoms with Crippen LogP contribution >= 0.6 is 23.1 Å². The molecule has 0 bridgehead atoms. The van der Waals surface area contributed by atoms with Gasteiger partial charge in [0, 0.05) is 27.0 Å². The van der Waals surface area contributed by atoms with Crippen LogP contribution in [0.2, 0.25) is 0 Å². The van der Waals surface area contributed by atoms with E-state index >= 15 is 0 Å². The summed E-state index contributed by atoms with van der Waals surface area (Å²) in [6.07, 6.45) is -0.452. The highest BCUT2D eigenvalue weighted by Gasteiger charge is 2.09. The van der Waals surface area contributed by atoms with Crippen LogP contribution in [0.1, 0.15) is 0 Å². The van der Waals surface area contributed by atoms with E-state index in [0.29, 0.717) is 12.4 Å². The van der Waals surface area contributed by atoms with Gasteiger partial charge in [-0.15, -0.1) is 10.2 Å². The largest absolute Gasteiger partial charge is 0.390 e. The van der Waals surface area contributed by atoms with Crippen LogP contribution in [0.4, 0.5) is 5.13 Å². The van der Waals surface area contributed by atoms with Crippen molar-refractivity contribution in [1.82, 2.24) is 10.2 Å². The number of hydrogen-bond acceptors (Lipinski definition) is 7. The fourth-order valence-electron chi connectivity index (χ4n) is 0.850. The van der Waals surface area contributed by atoms with Crippen LogP contribution in [0.5, 0.6) is 0 Å². The summed E-state index contributed by atoms with van der Waals surface area (Å²) < 4.78 is 5.70. The van der Waals surface area contributed by atoms with Crippen molar-refractivity contribution < 1.29 is 9.84 Å². The molecule has 0 aliphatic carbocycles. The van der Waals surface area contributed by atoms with Gasteiger partial charge in [0.25, 0.3) is 0 Å². The van der Waals surface area contributed by atoms with E-state index in [9.17, 15) is 5.11 Å². The molecule has 1 unspecified atom stereocenters. The fraction of sp³-hybridized carbons (Fsp3) is 0.750. The zero-order valence-corrected chi connectivity index (χ0v) is 10.6. The number of anilines is 1. The lowest BCUT2D eigenvalue weighted by molar-refractivity contribution is 0.0794. The zero-order valence-electron chi connectivity index (χ0n) is 9.01. The summed E-state index contributed by atoms with van der Waals surface area (Å²) in [5, 5.41) is 18.3. The van der Waals surface area contributed by atoms with E-state index in [2.05, 4.69) is 10.2 Å². The SMILES string of the molecule is COCC(O)CSc1nnc(N(C)C)s1. The molecule has 1 aromatic rings. The van der Waals surface area contributed by atoms with Crippen LogP contribution in [0.15, 0.2) is 4.34 Å². The Morgan fingerprint density at radius 3 is 2.80 bits per heavy atom. The molecule has 0 fully saturated rings. The van der Waals surface area contributed by atoms with Gasteiger partial charge in [0.2, 0.25) is 5.13 Å². The third-order valence-corrected chi connectivity index (χ3v) is 3.91. The second-order valence-electron chi connectivity index (χ2n) is 3.17. The van der Waals surface area contributed by atoms with Gasteiger partial charge in [-0.1, -0.05) is 23.1 Å². The van der Waals surface area contributed by atoms with Gasteiger partial charge >= 0.3 is 0 Å². The molecular formula is C8H15N3O2S2. The van der Waals surface area contributed by atoms with Gasteiger partial charge in [-0.2, -0.15) is 0 Å². The number of methoxy groups -OCH3 is 1. The molecule has 1 N–H and O–H groups in total. The van der Waals surface area contributed by atoms with Crippen LogP contribution in [0.25, 0.3) is 0 Å². The molecule has 1 rings (SSSR count). The Labute approximate surface area is 97.5 Å². The highest BCUT2D eigenvalue weighted by Crippen LogP contribution is 2.27. The summed E-state index contributed by atoms with van der Waals surface area (Å²) in [5.74, 6) is 0.579. The third-order valence-electron chi connectivity index (χ3n) is 1.54. The molecule has 0 saturated carbocycles. The maximum Gasteiger partial charge on any atom is 0.208 e. The number of aromatic nitrogens is 2. The lowest BCUT2D eigenvalue weighted by Crippen LogP contribution is -2.16. The minimum atomic E-state index is -0.452. The molecule has 7 heteroatoms. The summed E-state index contributed by atoms with van der Waals surface area (Å²) in [6, 6.07) is 0. The fourth-order valence-corrected chi connectivity index (χ4v) is 2.54. The Bertz CT molecular complexity index is 293. The number of hydrogen-bond donors (Lipinski definition) is 1. The maximum atomic E-state index is 9.43. The molecular weight excluding hydrogens is 234 g/mol. The summed E-state index contributed by atoms with van der Waals surface area (Å²) in [4.78, 5) is 1.91. The van der Waals surface area contributed by atoms with Crippen molar-refractivity contribution >= 4 is 28.2 Å². The van der Waals surface area contributed by atoms with Crippen molar-refractivity contribution in [3.8, 4) is 0 Å². The predicted molar refractivity (Wildman–Crippen MR) is 62.8 cm³/mol. The van der Waals surface area contributed by atoms with Gasteiger partial charge < -0.3 is 14.7 Å². The van der Waals surface area contributed by atoms with Crippen molar-refractivity contribution in [3.05, 3.63) is 0 Å². The molecule has 0 spiro atoms. The van der Waals surface area contributed by atoms with Crippen molar-refractivity contribution in [2.45, 2.75) is 10.4 Å². The lowest BCUT2D eigenvalue weighted by atomic mass is 10.4. The van der Waals surface area contributed by atoms with Gasteiger partial charge in [0.05, 0.1) is 12.7 Å². The third kappa shape index (κ3) is 4.33. The van der Waals surface area contributed by atoms with Gasteiger partial charge in [0.15, 0.2) is 4.34 Å². The summed E-state index contributed by atoms with van der Waals surface area (Å²) >= 11 is 3.01. The second kappa shape index (κ2) is 6.26. The molecule has 0 saturated heterocycles. The quantitative estimate of drug-likeness (QED) is 0.749. The summed E-state index contributed by atoms with van der Waals surface area (Å²) in [5.41, 5.74) is 0. The first-order valence-corrected chi connectivity index (χ1v) is 6.24. The van der Waals surface area contributed by atoms with E-state index in [-0.39, 0.29) is 0 Å². The van der Waals surface area contributed by atoms with Gasteiger partial charge in [-0.3, -0.25) is 0 Å². The molecule has 0 radical (unpaired) electrons. The first-order valence-electron chi connectivity index (χ1n) is 4.44. The number of aliphatic hydroxyl groups is 1. The Morgan fingerprint density at radius 2 is 2.27 bits per heavy atom. The first-order chi connectivity index (χ1) is 7.13. The second-order valence-corrected chi connectivity index (χ2v) is 5.39. The topological polar surface area (TPSA) is 58.5 Å². The molecule has 0 aliphatic heterocycles. The van der Waals surface area contributed by atoms with E-state index in [4.69, 9.17) is 4.74 Å². The molecule has 1 atom stereocenters. The van der Waals surface area contributed by atoms with Crippen molar-refractivity contribution in [1.29, 1.82) is 0 Å². The van der Waals surface area contributed by atoms with E-state index in [1.54, 1.807) is 7.11 Å². The van der Waals surface area contributed by atoms with Gasteiger partial charge in [-0.25, -0.2) is 0 Å². The maximum absolute atomic E-state index is 9.43. The molecule has 15 heavy (non-hydrogen) atoms. The van der Waals surface area contributed by atoms with E-state index in [0.717, 1.165) is 9.47 Å². The number of nitrogens with zero attached hydrogens (tertiary/aromatic N) is 3. The normalized spacial score (nSPS) is 12.8. The van der Waals surface area contributed by atoms with E-state index < -0.39 is 6.10 Å². The predicted octanol–water partition coefficient (Wildman–Crippen LogP) is 0.704. The molecule has 86 valence electrons. The highest BCUT2D eigenvalue weighted by molar-refractivity contribution is 8.01. The van der Waals surface area contributed by atoms with Gasteiger partial charge in [-0.05, 0) is 0 Å². The molecule has 1 heterocycles. The summed E-state index contributed by atoms with van der Waals surface area (Å²) in [6.45, 7) is 0.354. The van der Waals surface area contributed by atoms with Crippen molar-refractivity contribution in [3.63, 3.8) is 0 Å². The molecule has 5 nitrogen and oxygen atoms in total. The minimum Gasteiger partial charge on any atom is -0.390 e. The number of ether oxygens (including phenoxy) is 1. The molecule has 0 aromatic carbocycles. The average Bonchev–Trinajstić information content (AvgIpc) is 2.63. The standard InChI is InChI=1S/C8H15N3O2S2/c1-11(2)7-9-10-8(15-7)14-5-6(12)4-13-3/h6,12H,4-5H2,1-3H3. The zero-order chi connectivity index (χ0) is 11.3. The molecule has 1 aromatic heterocycles. The smallest absolute Gasteiger partial charge is 0.208 e. The summed E-state index contributed by atoms with van der Waals surface area (Å²) in [7, 11) is 5.42. The van der Waals surface area contributed by atoms with Crippen LogP contribution in [0.3, 0.4) is 0 Å². The Balaban J connectivity index is 2.37. The van der Waals surface area contributed by atoms with Crippen LogP contribution < -0.4 is 4.90 Å². The van der Waals surface area contributed by atoms with Crippen LogP contribution in [-0.2, 0) is 4.74 Å². The van der Waals surface area contributed by atoms with E-state index in [1.165, 1.54) is 23.1 Å². The van der Waals surface area contributed by atoms with Crippen molar-refractivity contribution in [2.24, 2.45) is 0 Å². The number of aliphatic hydroxyl groups excluding tert-OH is 1. The Hall–Kier alpha value is -0.370. The van der Waals surface area contributed by atoms with Crippen LogP contribution in [0, 0.1) is 0 Å². The lowest BCUT2D eigenvalue weighted by Gasteiger charge is -2.06. The first kappa shape index (κ1) is 12.7.